The minimum Gasteiger partial charge on any atom is -0.289 e. The van der Waals surface area contributed by atoms with E-state index in [2.05, 4.69) is 5.10 Å². The minimum absolute atomic E-state index is 0.00248. The van der Waals surface area contributed by atoms with Gasteiger partial charge in [-0.25, -0.2) is 18.6 Å². The van der Waals surface area contributed by atoms with Crippen LogP contribution in [0.15, 0.2) is 78.0 Å². The van der Waals surface area contributed by atoms with E-state index >= 15 is 0 Å². The topological polar surface area (TPSA) is 105 Å². The summed E-state index contributed by atoms with van der Waals surface area (Å²) in [6, 6.07) is 16.9. The highest BCUT2D eigenvalue weighted by molar-refractivity contribution is 7.89. The number of rotatable bonds is 7. The van der Waals surface area contributed by atoms with Crippen LogP contribution in [-0.4, -0.2) is 40.2 Å². The van der Waals surface area contributed by atoms with Crippen molar-refractivity contribution in [2.75, 3.05) is 6.54 Å². The summed E-state index contributed by atoms with van der Waals surface area (Å²) >= 11 is 0. The van der Waals surface area contributed by atoms with Crippen LogP contribution >= 0.6 is 0 Å². The number of carbonyl (C=O) groups excluding carboxylic acids is 1. The lowest BCUT2D eigenvalue weighted by molar-refractivity contribution is -0.129. The Morgan fingerprint density at radius 2 is 1.78 bits per heavy atom. The van der Waals surface area contributed by atoms with E-state index in [0.29, 0.717) is 5.69 Å². The first-order valence-electron chi connectivity index (χ1n) is 8.08. The Hall–Kier alpha value is -3.01. The molecule has 8 nitrogen and oxygen atoms in total. The van der Waals surface area contributed by atoms with Crippen molar-refractivity contribution in [1.29, 1.82) is 0 Å². The quantitative estimate of drug-likeness (QED) is 0.474. The zero-order chi connectivity index (χ0) is 19.3. The third-order valence-electron chi connectivity index (χ3n) is 3.89. The Balaban J connectivity index is 1.90. The molecule has 0 bridgehead atoms. The molecule has 0 atom stereocenters. The Labute approximate surface area is 156 Å². The molecule has 0 aliphatic rings. The molecule has 27 heavy (non-hydrogen) atoms. The number of benzene rings is 2. The van der Waals surface area contributed by atoms with Crippen LogP contribution in [0.5, 0.6) is 0 Å². The Kier molecular flexibility index (Phi) is 5.65. The van der Waals surface area contributed by atoms with E-state index in [1.54, 1.807) is 59.5 Å². The number of amides is 1. The van der Waals surface area contributed by atoms with Gasteiger partial charge in [0.2, 0.25) is 10.0 Å². The SMILES string of the molecule is O=C(CN(Cc1ccccc1)S(=O)(=O)c1ccc(-n2cccn2)cc1)NO. The number of sulfonamides is 1. The number of aromatic nitrogens is 2. The van der Waals surface area contributed by atoms with E-state index < -0.39 is 22.5 Å². The van der Waals surface area contributed by atoms with Gasteiger partial charge in [-0.1, -0.05) is 30.3 Å². The van der Waals surface area contributed by atoms with Gasteiger partial charge in [0.15, 0.2) is 0 Å². The molecular formula is C18H18N4O4S. The second kappa shape index (κ2) is 8.12. The van der Waals surface area contributed by atoms with Crippen molar-refractivity contribution in [3.63, 3.8) is 0 Å². The maximum Gasteiger partial charge on any atom is 0.258 e. The van der Waals surface area contributed by atoms with Crippen molar-refractivity contribution in [2.45, 2.75) is 11.4 Å². The zero-order valence-electron chi connectivity index (χ0n) is 14.3. The summed E-state index contributed by atoms with van der Waals surface area (Å²) in [5.41, 5.74) is 2.91. The van der Waals surface area contributed by atoms with Crippen LogP contribution in [-0.2, 0) is 21.4 Å². The van der Waals surface area contributed by atoms with Crippen LogP contribution in [0.1, 0.15) is 5.56 Å². The van der Waals surface area contributed by atoms with Gasteiger partial charge in [-0.05, 0) is 35.9 Å². The maximum atomic E-state index is 13.0. The van der Waals surface area contributed by atoms with Crippen LogP contribution in [0.3, 0.4) is 0 Å². The highest BCUT2D eigenvalue weighted by Gasteiger charge is 2.27. The fraction of sp³-hybridized carbons (Fsp3) is 0.111. The molecule has 3 aromatic rings. The molecule has 2 N–H and O–H groups in total. The Bertz CT molecular complexity index is 988. The van der Waals surface area contributed by atoms with Crippen LogP contribution in [0.2, 0.25) is 0 Å². The second-order valence-electron chi connectivity index (χ2n) is 5.74. The summed E-state index contributed by atoms with van der Waals surface area (Å²) in [7, 11) is -3.96. The van der Waals surface area contributed by atoms with Crippen molar-refractivity contribution in [2.24, 2.45) is 0 Å². The van der Waals surface area contributed by atoms with E-state index in [1.165, 1.54) is 17.6 Å². The van der Waals surface area contributed by atoms with Gasteiger partial charge in [-0.15, -0.1) is 0 Å². The van der Waals surface area contributed by atoms with E-state index in [9.17, 15) is 13.2 Å². The standard InChI is InChI=1S/C18H18N4O4S/c23-18(20-24)14-21(13-15-5-2-1-3-6-15)27(25,26)17-9-7-16(8-10-17)22-12-4-11-19-22/h1-12,24H,13-14H2,(H,20,23). The highest BCUT2D eigenvalue weighted by Crippen LogP contribution is 2.20. The second-order valence-corrected chi connectivity index (χ2v) is 7.68. The molecule has 0 saturated carbocycles. The molecule has 0 unspecified atom stereocenters. The number of nitrogens with zero attached hydrogens (tertiary/aromatic N) is 3. The Morgan fingerprint density at radius 1 is 1.07 bits per heavy atom. The summed E-state index contributed by atoms with van der Waals surface area (Å²) < 4.78 is 28.7. The van der Waals surface area contributed by atoms with Crippen molar-refractivity contribution in [3.8, 4) is 5.69 Å². The average Bonchev–Trinajstić information content (AvgIpc) is 3.23. The highest BCUT2D eigenvalue weighted by atomic mass is 32.2. The molecule has 2 aromatic carbocycles. The smallest absolute Gasteiger partial charge is 0.258 e. The van der Waals surface area contributed by atoms with E-state index in [-0.39, 0.29) is 11.4 Å². The lowest BCUT2D eigenvalue weighted by Crippen LogP contribution is -2.39. The van der Waals surface area contributed by atoms with Gasteiger partial charge < -0.3 is 0 Å². The summed E-state index contributed by atoms with van der Waals surface area (Å²) in [6.07, 6.45) is 3.37. The molecule has 9 heteroatoms. The number of hydrogen-bond acceptors (Lipinski definition) is 5. The van der Waals surface area contributed by atoms with Gasteiger partial charge in [0.1, 0.15) is 0 Å². The number of nitrogens with one attached hydrogen (secondary N) is 1. The molecule has 3 rings (SSSR count). The van der Waals surface area contributed by atoms with Crippen LogP contribution < -0.4 is 5.48 Å². The Morgan fingerprint density at radius 3 is 2.37 bits per heavy atom. The lowest BCUT2D eigenvalue weighted by atomic mass is 10.2. The minimum atomic E-state index is -3.96. The van der Waals surface area contributed by atoms with E-state index in [0.717, 1.165) is 9.87 Å². The fourth-order valence-electron chi connectivity index (χ4n) is 2.55. The molecule has 1 aromatic heterocycles. The predicted molar refractivity (Wildman–Crippen MR) is 97.5 cm³/mol. The lowest BCUT2D eigenvalue weighted by Gasteiger charge is -2.21. The van der Waals surface area contributed by atoms with Gasteiger partial charge in [-0.3, -0.25) is 10.0 Å². The fourth-order valence-corrected chi connectivity index (χ4v) is 3.93. The van der Waals surface area contributed by atoms with E-state index in [4.69, 9.17) is 5.21 Å². The van der Waals surface area contributed by atoms with Crippen LogP contribution in [0.4, 0.5) is 0 Å². The molecular weight excluding hydrogens is 368 g/mol. The van der Waals surface area contributed by atoms with Gasteiger partial charge in [0, 0.05) is 18.9 Å². The molecule has 0 aliphatic heterocycles. The average molecular weight is 386 g/mol. The molecule has 0 radical (unpaired) electrons. The van der Waals surface area contributed by atoms with Gasteiger partial charge in [-0.2, -0.15) is 9.40 Å². The molecule has 0 spiro atoms. The third kappa shape index (κ3) is 4.40. The van der Waals surface area contributed by atoms with Gasteiger partial charge in [0.25, 0.3) is 5.91 Å². The van der Waals surface area contributed by atoms with E-state index in [1.807, 2.05) is 6.07 Å². The summed E-state index contributed by atoms with van der Waals surface area (Å²) in [5, 5.41) is 12.9. The molecule has 1 heterocycles. The van der Waals surface area contributed by atoms with Crippen LogP contribution in [0.25, 0.3) is 5.69 Å². The maximum absolute atomic E-state index is 13.0. The number of carbonyl (C=O) groups is 1. The van der Waals surface area contributed by atoms with Gasteiger partial charge in [0.05, 0.1) is 17.1 Å². The van der Waals surface area contributed by atoms with Gasteiger partial charge >= 0.3 is 0 Å². The normalized spacial score (nSPS) is 11.5. The molecule has 1 amide bonds. The first-order chi connectivity index (χ1) is 13.0. The van der Waals surface area contributed by atoms with Crippen molar-refractivity contribution in [1.82, 2.24) is 19.6 Å². The predicted octanol–water partition coefficient (Wildman–Crippen LogP) is 1.57. The van der Waals surface area contributed by atoms with Crippen molar-refractivity contribution in [3.05, 3.63) is 78.6 Å². The first-order valence-corrected chi connectivity index (χ1v) is 9.52. The largest absolute Gasteiger partial charge is 0.289 e. The molecule has 0 saturated heterocycles. The van der Waals surface area contributed by atoms with Crippen molar-refractivity contribution < 1.29 is 18.4 Å². The summed E-state index contributed by atoms with van der Waals surface area (Å²) in [5.74, 6) is -0.817. The van der Waals surface area contributed by atoms with Crippen molar-refractivity contribution >= 4 is 15.9 Å². The van der Waals surface area contributed by atoms with Crippen LogP contribution in [0, 0.1) is 0 Å². The number of hydroxylamine groups is 1. The molecule has 0 aliphatic carbocycles. The zero-order valence-corrected chi connectivity index (χ0v) is 15.1. The summed E-state index contributed by atoms with van der Waals surface area (Å²) in [6.45, 7) is -0.508. The molecule has 0 fully saturated rings. The first kappa shape index (κ1) is 18.8. The molecule has 140 valence electrons. The number of hydrogen-bond donors (Lipinski definition) is 2. The monoisotopic (exact) mass is 386 g/mol. The third-order valence-corrected chi connectivity index (χ3v) is 5.70. The summed E-state index contributed by atoms with van der Waals surface area (Å²) in [4.78, 5) is 11.7.